The third-order valence-corrected chi connectivity index (χ3v) is 4.95. The summed E-state index contributed by atoms with van der Waals surface area (Å²) >= 11 is 4.30. The SMILES string of the molecule is C=C(CS)CC1=C2C=C(CC3=CCC3C)[C@H]1C2. The third kappa shape index (κ3) is 1.85. The molecular formula is C16H20S. The van der Waals surface area contributed by atoms with Crippen molar-refractivity contribution in [3.05, 3.63) is 46.6 Å². The molecular weight excluding hydrogens is 224 g/mol. The topological polar surface area (TPSA) is 0 Å². The molecule has 1 heteroatoms. The molecule has 0 aromatic carbocycles. The Morgan fingerprint density at radius 1 is 1.47 bits per heavy atom. The smallest absolute Gasteiger partial charge is 0.0113 e. The summed E-state index contributed by atoms with van der Waals surface area (Å²) in [7, 11) is 0. The van der Waals surface area contributed by atoms with E-state index in [-0.39, 0.29) is 0 Å². The van der Waals surface area contributed by atoms with Crippen LogP contribution in [0.3, 0.4) is 0 Å². The fraction of sp³-hybridized carbons (Fsp3) is 0.500. The largest absolute Gasteiger partial charge is 0.175 e. The summed E-state index contributed by atoms with van der Waals surface area (Å²) in [5.74, 6) is 2.41. The second-order valence-corrected chi connectivity index (χ2v) is 6.02. The molecule has 2 bridgehead atoms. The minimum absolute atomic E-state index is 0.760. The van der Waals surface area contributed by atoms with Crippen LogP contribution in [0, 0.1) is 11.8 Å². The molecule has 0 amide bonds. The molecule has 2 atom stereocenters. The van der Waals surface area contributed by atoms with Crippen molar-refractivity contribution in [2.75, 3.05) is 5.75 Å². The van der Waals surface area contributed by atoms with Gasteiger partial charge >= 0.3 is 0 Å². The molecule has 0 N–H and O–H groups in total. The lowest BCUT2D eigenvalue weighted by Crippen LogP contribution is -2.16. The maximum Gasteiger partial charge on any atom is 0.0113 e. The summed E-state index contributed by atoms with van der Waals surface area (Å²) in [5.41, 5.74) is 7.83. The van der Waals surface area contributed by atoms with Crippen LogP contribution in [0.5, 0.6) is 0 Å². The van der Waals surface area contributed by atoms with E-state index >= 15 is 0 Å². The minimum atomic E-state index is 0.760. The standard InChI is InChI=1S/C16H20S/c1-10(9-17)5-15-14-7-13(16(15)8-14)6-12-4-3-11(12)2/h4,7,11,16-17H,1,3,5-6,8-9H2,2H3/t11?,16-/m1/s1. The van der Waals surface area contributed by atoms with Gasteiger partial charge in [0.2, 0.25) is 0 Å². The quantitative estimate of drug-likeness (QED) is 0.535. The molecule has 0 spiro atoms. The van der Waals surface area contributed by atoms with Gasteiger partial charge in [0.15, 0.2) is 0 Å². The lowest BCUT2D eigenvalue weighted by Gasteiger charge is -2.30. The number of hydrogen-bond acceptors (Lipinski definition) is 1. The van der Waals surface area contributed by atoms with Crippen LogP contribution in [0.15, 0.2) is 46.6 Å². The van der Waals surface area contributed by atoms with Crippen molar-refractivity contribution in [3.63, 3.8) is 0 Å². The molecule has 0 radical (unpaired) electrons. The van der Waals surface area contributed by atoms with Gasteiger partial charge in [0.05, 0.1) is 0 Å². The number of hydrogen-bond donors (Lipinski definition) is 1. The highest BCUT2D eigenvalue weighted by Gasteiger charge is 2.37. The average Bonchev–Trinajstić information content (AvgIpc) is 2.88. The van der Waals surface area contributed by atoms with Crippen LogP contribution in [0.25, 0.3) is 0 Å². The van der Waals surface area contributed by atoms with Gasteiger partial charge in [-0.2, -0.15) is 12.6 Å². The van der Waals surface area contributed by atoms with Crippen LogP contribution in [0.1, 0.15) is 32.6 Å². The van der Waals surface area contributed by atoms with E-state index in [0.29, 0.717) is 0 Å². The Hall–Kier alpha value is -0.690. The summed E-state index contributed by atoms with van der Waals surface area (Å²) < 4.78 is 0. The molecule has 0 aromatic rings. The first-order valence-corrected chi connectivity index (χ1v) is 7.21. The van der Waals surface area contributed by atoms with Crippen molar-refractivity contribution in [1.29, 1.82) is 0 Å². The van der Waals surface area contributed by atoms with Crippen molar-refractivity contribution in [2.45, 2.75) is 32.6 Å². The molecule has 0 fully saturated rings. The molecule has 4 aliphatic carbocycles. The molecule has 90 valence electrons. The lowest BCUT2D eigenvalue weighted by atomic mass is 9.75. The molecule has 0 aliphatic heterocycles. The predicted molar refractivity (Wildman–Crippen MR) is 77.3 cm³/mol. The Morgan fingerprint density at radius 3 is 2.88 bits per heavy atom. The zero-order valence-electron chi connectivity index (χ0n) is 10.5. The van der Waals surface area contributed by atoms with E-state index in [9.17, 15) is 0 Å². The normalized spacial score (nSPS) is 29.5. The molecule has 0 aromatic heterocycles. The first kappa shape index (κ1) is 11.4. The summed E-state index contributed by atoms with van der Waals surface area (Å²) in [6, 6.07) is 0. The maximum atomic E-state index is 4.30. The van der Waals surface area contributed by atoms with E-state index in [2.05, 4.69) is 38.3 Å². The van der Waals surface area contributed by atoms with Crippen molar-refractivity contribution in [2.24, 2.45) is 11.8 Å². The highest BCUT2D eigenvalue weighted by molar-refractivity contribution is 7.80. The van der Waals surface area contributed by atoms with E-state index in [0.717, 1.165) is 24.0 Å². The van der Waals surface area contributed by atoms with Crippen LogP contribution < -0.4 is 0 Å². The van der Waals surface area contributed by atoms with Crippen molar-refractivity contribution < 1.29 is 0 Å². The highest BCUT2D eigenvalue weighted by atomic mass is 32.1. The van der Waals surface area contributed by atoms with Crippen LogP contribution in [-0.2, 0) is 0 Å². The molecule has 4 aliphatic rings. The number of rotatable bonds is 5. The molecule has 17 heavy (non-hydrogen) atoms. The first-order chi connectivity index (χ1) is 8.19. The van der Waals surface area contributed by atoms with Gasteiger partial charge in [0, 0.05) is 11.7 Å². The van der Waals surface area contributed by atoms with Gasteiger partial charge in [-0.15, -0.1) is 0 Å². The summed E-state index contributed by atoms with van der Waals surface area (Å²) in [5, 5.41) is 0. The molecule has 0 saturated carbocycles. The predicted octanol–water partition coefficient (Wildman–Crippen LogP) is 4.48. The van der Waals surface area contributed by atoms with Crippen molar-refractivity contribution in [3.8, 4) is 0 Å². The van der Waals surface area contributed by atoms with Crippen LogP contribution in [0.4, 0.5) is 0 Å². The van der Waals surface area contributed by atoms with Crippen LogP contribution in [0.2, 0.25) is 0 Å². The lowest BCUT2D eigenvalue weighted by molar-refractivity contribution is 0.573. The van der Waals surface area contributed by atoms with E-state index < -0.39 is 0 Å². The average molecular weight is 244 g/mol. The maximum absolute atomic E-state index is 4.30. The summed E-state index contributed by atoms with van der Waals surface area (Å²) in [6.07, 6.45) is 9.77. The Balaban J connectivity index is 1.62. The molecule has 0 heterocycles. The number of thiol groups is 1. The fourth-order valence-corrected chi connectivity index (χ4v) is 3.25. The summed E-state index contributed by atoms with van der Waals surface area (Å²) in [6.45, 7) is 6.41. The van der Waals surface area contributed by atoms with Crippen LogP contribution in [-0.4, -0.2) is 5.75 Å². The monoisotopic (exact) mass is 244 g/mol. The number of allylic oxidation sites excluding steroid dienone is 6. The van der Waals surface area contributed by atoms with E-state index in [1.165, 1.54) is 24.8 Å². The van der Waals surface area contributed by atoms with Gasteiger partial charge in [-0.3, -0.25) is 0 Å². The summed E-state index contributed by atoms with van der Waals surface area (Å²) in [4.78, 5) is 0. The molecule has 4 rings (SSSR count). The van der Waals surface area contributed by atoms with E-state index in [4.69, 9.17) is 0 Å². The molecule has 0 saturated heterocycles. The highest BCUT2D eigenvalue weighted by Crippen LogP contribution is 2.52. The Bertz CT molecular complexity index is 462. The van der Waals surface area contributed by atoms with Gasteiger partial charge in [0.1, 0.15) is 0 Å². The zero-order chi connectivity index (χ0) is 12.0. The fourth-order valence-electron chi connectivity index (χ4n) is 3.14. The molecule has 0 nitrogen and oxygen atoms in total. The third-order valence-electron chi connectivity index (χ3n) is 4.50. The Morgan fingerprint density at radius 2 is 2.29 bits per heavy atom. The van der Waals surface area contributed by atoms with Gasteiger partial charge < -0.3 is 0 Å². The zero-order valence-corrected chi connectivity index (χ0v) is 11.4. The van der Waals surface area contributed by atoms with Crippen molar-refractivity contribution >= 4 is 12.6 Å². The minimum Gasteiger partial charge on any atom is -0.175 e. The second-order valence-electron chi connectivity index (χ2n) is 5.70. The second kappa shape index (κ2) is 4.20. The van der Waals surface area contributed by atoms with E-state index in [1.807, 2.05) is 0 Å². The van der Waals surface area contributed by atoms with Gasteiger partial charge in [-0.25, -0.2) is 0 Å². The van der Waals surface area contributed by atoms with Crippen LogP contribution >= 0.6 is 12.6 Å². The Labute approximate surface area is 110 Å². The molecule has 1 unspecified atom stereocenters. The first-order valence-electron chi connectivity index (χ1n) is 6.58. The van der Waals surface area contributed by atoms with Gasteiger partial charge in [-0.05, 0) is 37.2 Å². The Kier molecular flexibility index (Phi) is 2.82. The van der Waals surface area contributed by atoms with Crippen molar-refractivity contribution in [1.82, 2.24) is 0 Å². The van der Waals surface area contributed by atoms with Gasteiger partial charge in [0.25, 0.3) is 0 Å². The van der Waals surface area contributed by atoms with E-state index in [1.54, 1.807) is 22.3 Å². The van der Waals surface area contributed by atoms with Gasteiger partial charge in [-0.1, -0.05) is 47.9 Å².